The van der Waals surface area contributed by atoms with Crippen molar-refractivity contribution >= 4 is 11.8 Å². The Bertz CT molecular complexity index is 774. The van der Waals surface area contributed by atoms with Gasteiger partial charge in [-0.05, 0) is 38.1 Å². The molecule has 26 heavy (non-hydrogen) atoms. The van der Waals surface area contributed by atoms with Crippen LogP contribution >= 0.6 is 0 Å². The highest BCUT2D eigenvalue weighted by molar-refractivity contribution is 5.95. The molecule has 1 fully saturated rings. The first-order valence-corrected chi connectivity index (χ1v) is 8.76. The molecule has 0 atom stereocenters. The highest BCUT2D eigenvalue weighted by Gasteiger charge is 2.26. The van der Waals surface area contributed by atoms with Crippen LogP contribution in [0.25, 0.3) is 0 Å². The molecule has 1 saturated heterocycles. The van der Waals surface area contributed by atoms with E-state index < -0.39 is 0 Å². The first-order valence-electron chi connectivity index (χ1n) is 8.76. The first kappa shape index (κ1) is 18.0. The lowest BCUT2D eigenvalue weighted by atomic mass is 10.1. The van der Waals surface area contributed by atoms with E-state index in [4.69, 9.17) is 4.74 Å². The van der Waals surface area contributed by atoms with Crippen molar-refractivity contribution in [2.24, 2.45) is 0 Å². The fourth-order valence-electron chi connectivity index (χ4n) is 2.94. The highest BCUT2D eigenvalue weighted by atomic mass is 16.5. The van der Waals surface area contributed by atoms with Gasteiger partial charge in [-0.3, -0.25) is 14.3 Å². The monoisotopic (exact) mass is 356 g/mol. The van der Waals surface area contributed by atoms with Gasteiger partial charge in [-0.25, -0.2) is 0 Å². The van der Waals surface area contributed by atoms with E-state index in [1.165, 1.54) is 0 Å². The lowest BCUT2D eigenvalue weighted by Gasteiger charge is -2.34. The summed E-state index contributed by atoms with van der Waals surface area (Å²) >= 11 is 0. The molecule has 1 aromatic heterocycles. The van der Waals surface area contributed by atoms with Crippen molar-refractivity contribution in [1.82, 2.24) is 19.6 Å². The van der Waals surface area contributed by atoms with Gasteiger partial charge in [0.25, 0.3) is 11.8 Å². The van der Waals surface area contributed by atoms with Crippen molar-refractivity contribution in [3.63, 3.8) is 0 Å². The van der Waals surface area contributed by atoms with Gasteiger partial charge in [0.05, 0.1) is 18.9 Å². The molecule has 0 aliphatic carbocycles. The largest absolute Gasteiger partial charge is 0.497 e. The van der Waals surface area contributed by atoms with Gasteiger partial charge < -0.3 is 14.5 Å². The minimum Gasteiger partial charge on any atom is -0.497 e. The molecule has 0 saturated carbocycles. The van der Waals surface area contributed by atoms with Crippen LogP contribution < -0.4 is 4.74 Å². The van der Waals surface area contributed by atoms with Crippen LogP contribution in [0.15, 0.2) is 36.7 Å². The van der Waals surface area contributed by atoms with E-state index in [0.29, 0.717) is 37.3 Å². The number of aromatic nitrogens is 2. The molecule has 1 aliphatic heterocycles. The van der Waals surface area contributed by atoms with Crippen LogP contribution in [-0.2, 0) is 0 Å². The minimum absolute atomic E-state index is 0.0209. The van der Waals surface area contributed by atoms with E-state index >= 15 is 0 Å². The Morgan fingerprint density at radius 2 is 1.50 bits per heavy atom. The van der Waals surface area contributed by atoms with Gasteiger partial charge in [0, 0.05) is 44.0 Å². The average molecular weight is 356 g/mol. The van der Waals surface area contributed by atoms with E-state index in [2.05, 4.69) is 5.10 Å². The zero-order valence-corrected chi connectivity index (χ0v) is 15.4. The number of methoxy groups -OCH3 is 1. The zero-order chi connectivity index (χ0) is 18.7. The highest BCUT2D eigenvalue weighted by Crippen LogP contribution is 2.15. The van der Waals surface area contributed by atoms with Crippen LogP contribution in [0.1, 0.15) is 40.6 Å². The van der Waals surface area contributed by atoms with Crippen LogP contribution in [0.3, 0.4) is 0 Å². The summed E-state index contributed by atoms with van der Waals surface area (Å²) in [5.74, 6) is 0.666. The second-order valence-electron chi connectivity index (χ2n) is 6.62. The quantitative estimate of drug-likeness (QED) is 0.841. The number of carbonyl (C=O) groups is 2. The van der Waals surface area contributed by atoms with Gasteiger partial charge in [0.2, 0.25) is 0 Å². The molecule has 2 heterocycles. The van der Waals surface area contributed by atoms with E-state index in [9.17, 15) is 9.59 Å². The zero-order valence-electron chi connectivity index (χ0n) is 15.4. The maximum Gasteiger partial charge on any atom is 0.257 e. The molecule has 1 aliphatic rings. The topological polar surface area (TPSA) is 67.7 Å². The molecular weight excluding hydrogens is 332 g/mol. The SMILES string of the molecule is COc1ccc(C(=O)N2CCN(C(=O)c3cnn(C(C)C)c3)CC2)cc1. The van der Waals surface area contributed by atoms with Gasteiger partial charge >= 0.3 is 0 Å². The summed E-state index contributed by atoms with van der Waals surface area (Å²) < 4.78 is 6.89. The van der Waals surface area contributed by atoms with Gasteiger partial charge in [0.1, 0.15) is 5.75 Å². The molecule has 7 nitrogen and oxygen atoms in total. The summed E-state index contributed by atoms with van der Waals surface area (Å²) in [5.41, 5.74) is 1.22. The molecule has 0 spiro atoms. The van der Waals surface area contributed by atoms with E-state index in [-0.39, 0.29) is 17.9 Å². The molecule has 7 heteroatoms. The Labute approximate surface area is 153 Å². The van der Waals surface area contributed by atoms with Crippen LogP contribution in [0, 0.1) is 0 Å². The number of hydrogen-bond acceptors (Lipinski definition) is 4. The smallest absolute Gasteiger partial charge is 0.257 e. The van der Waals surface area contributed by atoms with Crippen molar-refractivity contribution in [2.75, 3.05) is 33.3 Å². The number of carbonyl (C=O) groups excluding carboxylic acids is 2. The van der Waals surface area contributed by atoms with Crippen molar-refractivity contribution in [3.8, 4) is 5.75 Å². The lowest BCUT2D eigenvalue weighted by Crippen LogP contribution is -2.50. The fraction of sp³-hybridized carbons (Fsp3) is 0.421. The number of hydrogen-bond donors (Lipinski definition) is 0. The van der Waals surface area contributed by atoms with Crippen LogP contribution in [0.4, 0.5) is 0 Å². The van der Waals surface area contributed by atoms with Crippen LogP contribution in [0.5, 0.6) is 5.75 Å². The lowest BCUT2D eigenvalue weighted by molar-refractivity contribution is 0.0535. The maximum absolute atomic E-state index is 12.6. The predicted molar refractivity (Wildman–Crippen MR) is 97.4 cm³/mol. The maximum atomic E-state index is 12.6. The second-order valence-corrected chi connectivity index (χ2v) is 6.62. The van der Waals surface area contributed by atoms with Crippen LogP contribution in [0.2, 0.25) is 0 Å². The molecular formula is C19H24N4O3. The van der Waals surface area contributed by atoms with E-state index in [0.717, 1.165) is 5.75 Å². The number of piperazine rings is 1. The normalized spacial score (nSPS) is 14.6. The van der Waals surface area contributed by atoms with Crippen LogP contribution in [-0.4, -0.2) is 64.7 Å². The Balaban J connectivity index is 1.59. The predicted octanol–water partition coefficient (Wildman–Crippen LogP) is 2.07. The number of amides is 2. The molecule has 2 aromatic rings. The fourth-order valence-corrected chi connectivity index (χ4v) is 2.94. The van der Waals surface area contributed by atoms with E-state index in [1.807, 2.05) is 13.8 Å². The Morgan fingerprint density at radius 1 is 0.962 bits per heavy atom. The van der Waals surface area contributed by atoms with Gasteiger partial charge in [-0.15, -0.1) is 0 Å². The van der Waals surface area contributed by atoms with Gasteiger partial charge in [0.15, 0.2) is 0 Å². The number of nitrogens with zero attached hydrogens (tertiary/aromatic N) is 4. The molecule has 0 N–H and O–H groups in total. The number of rotatable bonds is 4. The first-order chi connectivity index (χ1) is 12.5. The summed E-state index contributed by atoms with van der Waals surface area (Å²) in [6.07, 6.45) is 3.39. The molecule has 0 unspecified atom stereocenters. The summed E-state index contributed by atoms with van der Waals surface area (Å²) in [6.45, 7) is 6.13. The second kappa shape index (κ2) is 7.59. The Morgan fingerprint density at radius 3 is 1.96 bits per heavy atom. The number of ether oxygens (including phenoxy) is 1. The Hall–Kier alpha value is -2.83. The third-order valence-corrected chi connectivity index (χ3v) is 4.57. The van der Waals surface area contributed by atoms with E-state index in [1.54, 1.807) is 58.3 Å². The summed E-state index contributed by atoms with van der Waals surface area (Å²) in [5, 5.41) is 4.22. The molecule has 1 aromatic carbocycles. The van der Waals surface area contributed by atoms with Crippen molar-refractivity contribution in [2.45, 2.75) is 19.9 Å². The summed E-state index contributed by atoms with van der Waals surface area (Å²) in [4.78, 5) is 28.8. The molecule has 0 bridgehead atoms. The number of benzene rings is 1. The molecule has 3 rings (SSSR count). The van der Waals surface area contributed by atoms with Crippen molar-refractivity contribution in [1.29, 1.82) is 0 Å². The third kappa shape index (κ3) is 3.71. The van der Waals surface area contributed by atoms with Gasteiger partial charge in [-0.1, -0.05) is 0 Å². The standard InChI is InChI=1S/C19H24N4O3/c1-14(2)23-13-16(12-20-23)19(25)22-10-8-21(9-11-22)18(24)15-4-6-17(26-3)7-5-15/h4-7,12-14H,8-11H2,1-3H3. The molecule has 0 radical (unpaired) electrons. The molecule has 138 valence electrons. The Kier molecular flexibility index (Phi) is 5.25. The van der Waals surface area contributed by atoms with Crippen molar-refractivity contribution < 1.29 is 14.3 Å². The van der Waals surface area contributed by atoms with Gasteiger partial charge in [-0.2, -0.15) is 5.10 Å². The molecule has 2 amide bonds. The summed E-state index contributed by atoms with van der Waals surface area (Å²) in [6, 6.07) is 7.30. The minimum atomic E-state index is -0.0338. The van der Waals surface area contributed by atoms with Crippen molar-refractivity contribution in [3.05, 3.63) is 47.8 Å². The summed E-state index contributed by atoms with van der Waals surface area (Å²) in [7, 11) is 1.60. The third-order valence-electron chi connectivity index (χ3n) is 4.57. The average Bonchev–Trinajstić information content (AvgIpc) is 3.17.